The second-order valence-corrected chi connectivity index (χ2v) is 12.7. The van der Waals surface area contributed by atoms with Crippen LogP contribution in [0, 0.1) is 11.7 Å². The van der Waals surface area contributed by atoms with E-state index in [1.54, 1.807) is 25.1 Å². The lowest BCUT2D eigenvalue weighted by atomic mass is 9.99. The molecule has 2 aliphatic heterocycles. The number of aromatic nitrogens is 1. The van der Waals surface area contributed by atoms with Crippen LogP contribution in [0.2, 0.25) is 0 Å². The summed E-state index contributed by atoms with van der Waals surface area (Å²) in [5, 5.41) is 11.6. The van der Waals surface area contributed by atoms with Gasteiger partial charge in [0.15, 0.2) is 0 Å². The molecule has 3 aromatic rings. The van der Waals surface area contributed by atoms with E-state index in [-0.39, 0.29) is 37.5 Å². The lowest BCUT2D eigenvalue weighted by molar-refractivity contribution is -0.138. The normalized spacial score (nSPS) is 23.0. The Morgan fingerprint density at radius 3 is 2.58 bits per heavy atom. The maximum Gasteiger partial charge on any atom is 0.270 e. The van der Waals surface area contributed by atoms with Gasteiger partial charge in [-0.3, -0.25) is 19.2 Å². The first-order valence-corrected chi connectivity index (χ1v) is 16.1. The number of carbonyl (C=O) groups excluding carboxylic acids is 4. The van der Waals surface area contributed by atoms with Gasteiger partial charge >= 0.3 is 0 Å². The molecule has 0 bridgehead atoms. The van der Waals surface area contributed by atoms with Gasteiger partial charge in [0.25, 0.3) is 5.91 Å². The van der Waals surface area contributed by atoms with Crippen molar-refractivity contribution in [3.63, 3.8) is 0 Å². The fourth-order valence-electron chi connectivity index (χ4n) is 6.10. The Hall–Kier alpha value is -4.78. The molecule has 10 nitrogen and oxygen atoms in total. The first kappa shape index (κ1) is 33.1. The summed E-state index contributed by atoms with van der Waals surface area (Å²) in [6, 6.07) is 9.91. The molecule has 4 N–H and O–H groups in total. The standard InChI is InChI=1S/C35H37F3N6O4/c1-19(27-15-26(9-6-21(27)5-4-20-2-3-20)42-34(47)30-13-24(37)16-39-30)41-35(48)31-14-25(38)18-44(31)32(45)17-40-33(46)29-10-7-22-12-23(36)8-11-28(22)43-29/h4-12,15,19-20,24-25,30-31,39H,2-3,13-14,16-18H2,1H3,(H,40,46)(H,41,48)(H,42,47)/b5-4+/t19-,24+,25+,30-,31-/m0/s1. The highest BCUT2D eigenvalue weighted by molar-refractivity contribution is 5.98. The molecule has 2 saturated heterocycles. The van der Waals surface area contributed by atoms with Gasteiger partial charge in [-0.2, -0.15) is 0 Å². The van der Waals surface area contributed by atoms with E-state index in [2.05, 4.69) is 32.3 Å². The van der Waals surface area contributed by atoms with Gasteiger partial charge in [-0.1, -0.05) is 24.3 Å². The van der Waals surface area contributed by atoms with Crippen LogP contribution in [-0.2, 0) is 14.4 Å². The van der Waals surface area contributed by atoms with Crippen LogP contribution in [0.3, 0.4) is 0 Å². The Bertz CT molecular complexity index is 1770. The van der Waals surface area contributed by atoms with Gasteiger partial charge in [0.2, 0.25) is 17.7 Å². The van der Waals surface area contributed by atoms with Gasteiger partial charge in [0, 0.05) is 30.5 Å². The number of likely N-dealkylation sites (tertiary alicyclic amines) is 1. The molecule has 0 radical (unpaired) electrons. The van der Waals surface area contributed by atoms with Crippen molar-refractivity contribution < 1.29 is 32.3 Å². The van der Waals surface area contributed by atoms with Crippen molar-refractivity contribution in [3.05, 3.63) is 77.2 Å². The van der Waals surface area contributed by atoms with E-state index in [0.717, 1.165) is 23.3 Å². The highest BCUT2D eigenvalue weighted by Gasteiger charge is 2.40. The quantitative estimate of drug-likeness (QED) is 0.260. The fraction of sp³-hybridized carbons (Fsp3) is 0.400. The fourth-order valence-corrected chi connectivity index (χ4v) is 6.10. The van der Waals surface area contributed by atoms with E-state index in [4.69, 9.17) is 0 Å². The Kier molecular flexibility index (Phi) is 9.76. The second-order valence-electron chi connectivity index (χ2n) is 12.7. The Labute approximate surface area is 275 Å². The van der Waals surface area contributed by atoms with Gasteiger partial charge in [0.05, 0.1) is 30.7 Å². The molecular formula is C35H37F3N6O4. The number of allylic oxidation sites excluding steroid dienone is 1. The van der Waals surface area contributed by atoms with Gasteiger partial charge in [-0.15, -0.1) is 0 Å². The number of hydrogen-bond donors (Lipinski definition) is 4. The first-order chi connectivity index (χ1) is 23.0. The smallest absolute Gasteiger partial charge is 0.270 e. The molecule has 0 spiro atoms. The summed E-state index contributed by atoms with van der Waals surface area (Å²) in [5.41, 5.74) is 2.43. The van der Waals surface area contributed by atoms with E-state index >= 15 is 0 Å². The number of pyridine rings is 1. The van der Waals surface area contributed by atoms with Crippen LogP contribution in [-0.4, -0.2) is 77.6 Å². The predicted molar refractivity (Wildman–Crippen MR) is 174 cm³/mol. The number of halogens is 3. The molecule has 252 valence electrons. The summed E-state index contributed by atoms with van der Waals surface area (Å²) >= 11 is 0. The van der Waals surface area contributed by atoms with Crippen molar-refractivity contribution in [2.45, 2.75) is 63.1 Å². The molecule has 48 heavy (non-hydrogen) atoms. The second kappa shape index (κ2) is 14.1. The average molecular weight is 663 g/mol. The van der Waals surface area contributed by atoms with Crippen molar-refractivity contribution >= 4 is 46.3 Å². The third-order valence-electron chi connectivity index (χ3n) is 8.90. The molecule has 1 saturated carbocycles. The lowest BCUT2D eigenvalue weighted by Crippen LogP contribution is -2.49. The zero-order valence-corrected chi connectivity index (χ0v) is 26.3. The molecule has 3 fully saturated rings. The molecule has 13 heteroatoms. The number of amides is 4. The molecule has 5 atom stereocenters. The van der Waals surface area contributed by atoms with E-state index < -0.39 is 60.6 Å². The average Bonchev–Trinajstić information content (AvgIpc) is 3.66. The number of hydrogen-bond acceptors (Lipinski definition) is 6. The van der Waals surface area contributed by atoms with Crippen LogP contribution >= 0.6 is 0 Å². The largest absolute Gasteiger partial charge is 0.348 e. The van der Waals surface area contributed by atoms with Crippen molar-refractivity contribution in [3.8, 4) is 0 Å². The number of rotatable bonds is 10. The van der Waals surface area contributed by atoms with Crippen LogP contribution < -0.4 is 21.3 Å². The highest BCUT2D eigenvalue weighted by atomic mass is 19.1. The molecule has 3 aliphatic rings. The van der Waals surface area contributed by atoms with Crippen molar-refractivity contribution in [1.29, 1.82) is 0 Å². The number of nitrogens with one attached hydrogen (secondary N) is 4. The topological polar surface area (TPSA) is 133 Å². The third-order valence-corrected chi connectivity index (χ3v) is 8.90. The van der Waals surface area contributed by atoms with Crippen molar-refractivity contribution in [2.75, 3.05) is 25.0 Å². The van der Waals surface area contributed by atoms with E-state index in [0.29, 0.717) is 28.1 Å². The zero-order chi connectivity index (χ0) is 33.9. The summed E-state index contributed by atoms with van der Waals surface area (Å²) in [7, 11) is 0. The summed E-state index contributed by atoms with van der Waals surface area (Å²) in [4.78, 5) is 57.5. The monoisotopic (exact) mass is 662 g/mol. The van der Waals surface area contributed by atoms with Gasteiger partial charge < -0.3 is 26.2 Å². The molecule has 2 aromatic carbocycles. The van der Waals surface area contributed by atoms with Gasteiger partial charge in [-0.25, -0.2) is 18.2 Å². The zero-order valence-electron chi connectivity index (χ0n) is 26.3. The first-order valence-electron chi connectivity index (χ1n) is 16.1. The minimum Gasteiger partial charge on any atom is -0.348 e. The Balaban J connectivity index is 1.11. The molecule has 6 rings (SSSR count). The van der Waals surface area contributed by atoms with Crippen LogP contribution in [0.4, 0.5) is 18.9 Å². The summed E-state index contributed by atoms with van der Waals surface area (Å²) in [6.07, 6.45) is 3.66. The molecule has 4 amide bonds. The number of benzene rings is 2. The SMILES string of the molecule is C[C@H](NC(=O)[C@@H]1C[C@@H](F)CN1C(=O)CNC(=O)c1ccc2cc(F)ccc2n1)c1cc(NC(=O)[C@@H]2C[C@@H](F)CN2)ccc1/C=C/C1CC1. The number of carbonyl (C=O) groups is 4. The lowest BCUT2D eigenvalue weighted by Gasteiger charge is -2.26. The number of anilines is 1. The van der Waals surface area contributed by atoms with E-state index in [9.17, 15) is 32.3 Å². The molecular weight excluding hydrogens is 625 g/mol. The molecule has 1 aromatic heterocycles. The number of nitrogens with zero attached hydrogens (tertiary/aromatic N) is 2. The Morgan fingerprint density at radius 2 is 1.83 bits per heavy atom. The Morgan fingerprint density at radius 1 is 1.02 bits per heavy atom. The number of alkyl halides is 2. The van der Waals surface area contributed by atoms with Crippen LogP contribution in [0.5, 0.6) is 0 Å². The van der Waals surface area contributed by atoms with Gasteiger partial charge in [0.1, 0.15) is 29.9 Å². The van der Waals surface area contributed by atoms with Crippen molar-refractivity contribution in [1.82, 2.24) is 25.8 Å². The summed E-state index contributed by atoms with van der Waals surface area (Å²) < 4.78 is 41.8. The summed E-state index contributed by atoms with van der Waals surface area (Å²) in [5.74, 6) is -2.13. The third kappa shape index (κ3) is 7.84. The maximum atomic E-state index is 14.6. The summed E-state index contributed by atoms with van der Waals surface area (Å²) in [6.45, 7) is 1.10. The minimum atomic E-state index is -1.43. The molecule has 3 heterocycles. The molecule has 1 aliphatic carbocycles. The van der Waals surface area contributed by atoms with E-state index in [1.807, 2.05) is 12.1 Å². The minimum absolute atomic E-state index is 0.0193. The van der Waals surface area contributed by atoms with Crippen LogP contribution in [0.15, 0.2) is 54.6 Å². The molecule has 0 unspecified atom stereocenters. The van der Waals surface area contributed by atoms with E-state index in [1.165, 1.54) is 24.3 Å². The van der Waals surface area contributed by atoms with Gasteiger partial charge in [-0.05, 0) is 73.2 Å². The van der Waals surface area contributed by atoms with Crippen LogP contribution in [0.25, 0.3) is 17.0 Å². The maximum absolute atomic E-state index is 14.6. The van der Waals surface area contributed by atoms with Crippen LogP contribution in [0.1, 0.15) is 60.3 Å². The van der Waals surface area contributed by atoms with Crippen molar-refractivity contribution in [2.24, 2.45) is 5.92 Å². The predicted octanol–water partition coefficient (Wildman–Crippen LogP) is 3.98. The highest BCUT2D eigenvalue weighted by Crippen LogP contribution is 2.32. The number of fused-ring (bicyclic) bond motifs is 1.